The second-order valence-electron chi connectivity index (χ2n) is 6.01. The highest BCUT2D eigenvalue weighted by Crippen LogP contribution is 2.39. The monoisotopic (exact) mass is 292 g/mol. The van der Waals surface area contributed by atoms with Crippen molar-refractivity contribution in [1.82, 2.24) is 19.4 Å². The van der Waals surface area contributed by atoms with E-state index >= 15 is 0 Å². The van der Waals surface area contributed by atoms with E-state index in [1.165, 1.54) is 19.3 Å². The van der Waals surface area contributed by atoms with Gasteiger partial charge in [-0.1, -0.05) is 0 Å². The lowest BCUT2D eigenvalue weighted by atomic mass is 9.75. The van der Waals surface area contributed by atoms with Crippen molar-refractivity contribution in [3.8, 4) is 0 Å². The van der Waals surface area contributed by atoms with Crippen LogP contribution in [-0.2, 0) is 6.54 Å². The van der Waals surface area contributed by atoms with Crippen LogP contribution in [0.2, 0.25) is 0 Å². The summed E-state index contributed by atoms with van der Waals surface area (Å²) in [6.45, 7) is 2.93. The molecule has 3 rings (SSSR count). The van der Waals surface area contributed by atoms with Gasteiger partial charge in [0.05, 0.1) is 17.1 Å². The Morgan fingerprint density at radius 2 is 2.20 bits per heavy atom. The highest BCUT2D eigenvalue weighted by molar-refractivity contribution is 6.20. The van der Waals surface area contributed by atoms with Crippen molar-refractivity contribution in [2.75, 3.05) is 14.1 Å². The Bertz CT molecular complexity index is 613. The fourth-order valence-electron chi connectivity index (χ4n) is 3.10. The molecule has 0 aliphatic heterocycles. The molecule has 0 bridgehead atoms. The lowest BCUT2D eigenvalue weighted by molar-refractivity contribution is 0.0427. The molecule has 4 nitrogen and oxygen atoms in total. The molecule has 0 N–H and O–H groups in total. The minimum absolute atomic E-state index is 0.0957. The molecule has 0 amide bonds. The Labute approximate surface area is 124 Å². The van der Waals surface area contributed by atoms with Gasteiger partial charge in [0.1, 0.15) is 11.3 Å². The number of alkyl halides is 1. The summed E-state index contributed by atoms with van der Waals surface area (Å²) in [6, 6.07) is 2.03. The third-order valence-corrected chi connectivity index (χ3v) is 4.82. The van der Waals surface area contributed by atoms with Crippen LogP contribution >= 0.6 is 11.6 Å². The lowest BCUT2D eigenvalue weighted by Gasteiger charge is -2.48. The standard InChI is InChI=1S/C15H21ClN4/c1-11(16)14-18-12-9-17-8-5-13(12)20(14)10-15(19(2)3)6-4-7-15/h5,8-9,11H,4,6-7,10H2,1-3H3. The lowest BCUT2D eigenvalue weighted by Crippen LogP contribution is -2.53. The average molecular weight is 293 g/mol. The van der Waals surface area contributed by atoms with Gasteiger partial charge in [-0.2, -0.15) is 0 Å². The van der Waals surface area contributed by atoms with Gasteiger partial charge in [0.15, 0.2) is 0 Å². The third-order valence-electron chi connectivity index (χ3n) is 4.62. The van der Waals surface area contributed by atoms with E-state index in [0.717, 1.165) is 23.4 Å². The zero-order chi connectivity index (χ0) is 14.3. The van der Waals surface area contributed by atoms with Gasteiger partial charge in [-0.25, -0.2) is 4.98 Å². The molecule has 1 aliphatic carbocycles. The summed E-state index contributed by atoms with van der Waals surface area (Å²) in [4.78, 5) is 11.2. The maximum atomic E-state index is 6.33. The molecule has 2 aromatic rings. The largest absolute Gasteiger partial charge is 0.325 e. The first-order valence-corrected chi connectivity index (χ1v) is 7.59. The summed E-state index contributed by atoms with van der Waals surface area (Å²) >= 11 is 6.33. The van der Waals surface area contributed by atoms with Crippen molar-refractivity contribution < 1.29 is 0 Å². The zero-order valence-electron chi connectivity index (χ0n) is 12.3. The number of likely N-dealkylation sites (N-methyl/N-ethyl adjacent to an activating group) is 1. The van der Waals surface area contributed by atoms with E-state index in [4.69, 9.17) is 11.6 Å². The minimum Gasteiger partial charge on any atom is -0.325 e. The zero-order valence-corrected chi connectivity index (χ0v) is 13.1. The van der Waals surface area contributed by atoms with E-state index < -0.39 is 0 Å². The van der Waals surface area contributed by atoms with Gasteiger partial charge in [0.2, 0.25) is 0 Å². The van der Waals surface area contributed by atoms with E-state index in [0.29, 0.717) is 0 Å². The molecule has 2 aromatic heterocycles. The van der Waals surface area contributed by atoms with Crippen LogP contribution in [0.5, 0.6) is 0 Å². The van der Waals surface area contributed by atoms with E-state index in [-0.39, 0.29) is 10.9 Å². The smallest absolute Gasteiger partial charge is 0.127 e. The molecule has 1 atom stereocenters. The van der Waals surface area contributed by atoms with Crippen molar-refractivity contribution in [1.29, 1.82) is 0 Å². The number of aromatic nitrogens is 3. The summed E-state index contributed by atoms with van der Waals surface area (Å²) in [5.74, 6) is 0.947. The quantitative estimate of drug-likeness (QED) is 0.812. The van der Waals surface area contributed by atoms with Crippen molar-refractivity contribution in [3.63, 3.8) is 0 Å². The molecule has 0 aromatic carbocycles. The predicted octanol–water partition coefficient (Wildman–Crippen LogP) is 3.22. The number of nitrogens with zero attached hydrogens (tertiary/aromatic N) is 4. The first-order valence-electron chi connectivity index (χ1n) is 7.15. The average Bonchev–Trinajstić information content (AvgIpc) is 2.72. The van der Waals surface area contributed by atoms with E-state index in [1.807, 2.05) is 25.4 Å². The number of halogens is 1. The first kappa shape index (κ1) is 13.8. The molecule has 1 saturated carbocycles. The van der Waals surface area contributed by atoms with E-state index in [2.05, 4.69) is 33.5 Å². The molecule has 5 heteroatoms. The van der Waals surface area contributed by atoms with Crippen LogP contribution in [0.15, 0.2) is 18.5 Å². The summed E-state index contributed by atoms with van der Waals surface area (Å²) in [7, 11) is 4.34. The molecule has 0 radical (unpaired) electrons. The topological polar surface area (TPSA) is 34.0 Å². The van der Waals surface area contributed by atoms with Gasteiger partial charge in [-0.15, -0.1) is 11.6 Å². The van der Waals surface area contributed by atoms with Gasteiger partial charge in [0, 0.05) is 18.3 Å². The molecule has 1 unspecified atom stereocenters. The summed E-state index contributed by atoms with van der Waals surface area (Å²) < 4.78 is 2.29. The molecular weight excluding hydrogens is 272 g/mol. The Balaban J connectivity index is 2.07. The van der Waals surface area contributed by atoms with Gasteiger partial charge in [-0.05, 0) is 46.3 Å². The van der Waals surface area contributed by atoms with Gasteiger partial charge in [0.25, 0.3) is 0 Å². The van der Waals surface area contributed by atoms with Crippen molar-refractivity contribution in [3.05, 3.63) is 24.3 Å². The molecule has 20 heavy (non-hydrogen) atoms. The normalized spacial score (nSPS) is 19.2. The number of hydrogen-bond acceptors (Lipinski definition) is 3. The predicted molar refractivity (Wildman–Crippen MR) is 82.1 cm³/mol. The molecule has 0 spiro atoms. The Morgan fingerprint density at radius 3 is 2.75 bits per heavy atom. The summed E-state index contributed by atoms with van der Waals surface area (Å²) in [6.07, 6.45) is 7.42. The summed E-state index contributed by atoms with van der Waals surface area (Å²) in [5, 5.41) is -0.0957. The molecule has 108 valence electrons. The molecule has 2 heterocycles. The van der Waals surface area contributed by atoms with Crippen molar-refractivity contribution >= 4 is 22.6 Å². The first-order chi connectivity index (χ1) is 9.53. The van der Waals surface area contributed by atoms with Crippen LogP contribution < -0.4 is 0 Å². The highest BCUT2D eigenvalue weighted by Gasteiger charge is 2.40. The SMILES string of the molecule is CC(Cl)c1nc2cnccc2n1CC1(N(C)C)CCC1. The highest BCUT2D eigenvalue weighted by atomic mass is 35.5. The van der Waals surface area contributed by atoms with Crippen LogP contribution in [0.1, 0.15) is 37.4 Å². The Morgan fingerprint density at radius 1 is 1.45 bits per heavy atom. The van der Waals surface area contributed by atoms with Crippen LogP contribution in [0, 0.1) is 0 Å². The van der Waals surface area contributed by atoms with Crippen molar-refractivity contribution in [2.45, 2.75) is 43.6 Å². The number of pyridine rings is 1. The second-order valence-corrected chi connectivity index (χ2v) is 6.66. The van der Waals surface area contributed by atoms with E-state index in [1.54, 1.807) is 0 Å². The van der Waals surface area contributed by atoms with Crippen LogP contribution in [-0.4, -0.2) is 39.1 Å². The number of rotatable bonds is 4. The molecular formula is C15H21ClN4. The third kappa shape index (κ3) is 2.11. The maximum absolute atomic E-state index is 6.33. The fraction of sp³-hybridized carbons (Fsp3) is 0.600. The fourth-order valence-corrected chi connectivity index (χ4v) is 3.26. The molecule has 1 fully saturated rings. The molecule has 1 aliphatic rings. The van der Waals surface area contributed by atoms with Crippen LogP contribution in [0.4, 0.5) is 0 Å². The second kappa shape index (κ2) is 5.01. The Kier molecular flexibility index (Phi) is 3.46. The van der Waals surface area contributed by atoms with Gasteiger partial charge in [-0.3, -0.25) is 4.98 Å². The van der Waals surface area contributed by atoms with Gasteiger partial charge >= 0.3 is 0 Å². The van der Waals surface area contributed by atoms with Crippen molar-refractivity contribution in [2.24, 2.45) is 0 Å². The van der Waals surface area contributed by atoms with Crippen LogP contribution in [0.3, 0.4) is 0 Å². The minimum atomic E-state index is -0.0957. The van der Waals surface area contributed by atoms with Gasteiger partial charge < -0.3 is 9.47 Å². The van der Waals surface area contributed by atoms with E-state index in [9.17, 15) is 0 Å². The summed E-state index contributed by atoms with van der Waals surface area (Å²) in [5.41, 5.74) is 2.32. The number of hydrogen-bond donors (Lipinski definition) is 0. The molecule has 0 saturated heterocycles. The maximum Gasteiger partial charge on any atom is 0.127 e. The number of imidazole rings is 1. The van der Waals surface area contributed by atoms with Crippen LogP contribution in [0.25, 0.3) is 11.0 Å². The number of fused-ring (bicyclic) bond motifs is 1. The Hall–Kier alpha value is -1.13.